The second-order valence-corrected chi connectivity index (χ2v) is 5.32. The minimum Gasteiger partial charge on any atom is -0.308 e. The number of thiazole rings is 1. The van der Waals surface area contributed by atoms with E-state index in [1.165, 1.54) is 24.3 Å². The smallest absolute Gasteiger partial charge is 0.107 e. The highest BCUT2D eigenvalue weighted by Gasteiger charge is 2.20. The number of hydrogen-bond donors (Lipinski definition) is 1. The number of aryl methyl sites for hydroxylation is 1. The zero-order chi connectivity index (χ0) is 9.97. The molecule has 0 radical (unpaired) electrons. The summed E-state index contributed by atoms with van der Waals surface area (Å²) < 4.78 is 0. The molecule has 0 spiro atoms. The van der Waals surface area contributed by atoms with Gasteiger partial charge in [0.05, 0.1) is 0 Å². The van der Waals surface area contributed by atoms with Crippen LogP contribution in [0.3, 0.4) is 0 Å². The zero-order valence-corrected chi connectivity index (χ0v) is 9.73. The van der Waals surface area contributed by atoms with Crippen molar-refractivity contribution in [3.8, 4) is 0 Å². The van der Waals surface area contributed by atoms with Gasteiger partial charge in [0.1, 0.15) is 5.01 Å². The van der Waals surface area contributed by atoms with Crippen molar-refractivity contribution in [2.24, 2.45) is 5.92 Å². The van der Waals surface area contributed by atoms with Gasteiger partial charge in [-0.3, -0.25) is 0 Å². The van der Waals surface area contributed by atoms with Gasteiger partial charge in [-0.2, -0.15) is 0 Å². The molecule has 1 aromatic rings. The predicted molar refractivity (Wildman–Crippen MR) is 60.5 cm³/mol. The van der Waals surface area contributed by atoms with Crippen molar-refractivity contribution in [2.75, 3.05) is 0 Å². The Morgan fingerprint density at radius 2 is 2.43 bits per heavy atom. The third kappa shape index (κ3) is 2.55. The largest absolute Gasteiger partial charge is 0.308 e. The molecule has 1 fully saturated rings. The molecule has 0 aromatic carbocycles. The quantitative estimate of drug-likeness (QED) is 0.829. The van der Waals surface area contributed by atoms with Gasteiger partial charge >= 0.3 is 0 Å². The van der Waals surface area contributed by atoms with E-state index in [0.717, 1.165) is 24.2 Å². The Morgan fingerprint density at radius 3 is 3.00 bits per heavy atom. The van der Waals surface area contributed by atoms with Crippen LogP contribution >= 0.6 is 11.3 Å². The second kappa shape index (κ2) is 4.41. The van der Waals surface area contributed by atoms with E-state index in [9.17, 15) is 0 Å². The summed E-state index contributed by atoms with van der Waals surface area (Å²) in [7, 11) is 0. The molecule has 78 valence electrons. The molecule has 2 rings (SSSR count). The molecule has 0 bridgehead atoms. The Hall–Kier alpha value is -0.410. The standard InChI is InChI=1S/C11H18N2S/c1-8-3-4-10(5-8)12-6-11-13-9(2)7-14-11/h7-8,10,12H,3-6H2,1-2H3. The lowest BCUT2D eigenvalue weighted by Crippen LogP contribution is -2.25. The fraction of sp³-hybridized carbons (Fsp3) is 0.727. The van der Waals surface area contributed by atoms with E-state index in [-0.39, 0.29) is 0 Å². The third-order valence-electron chi connectivity index (χ3n) is 2.90. The molecular formula is C11H18N2S. The highest BCUT2D eigenvalue weighted by molar-refractivity contribution is 7.09. The first-order valence-electron chi connectivity index (χ1n) is 5.38. The summed E-state index contributed by atoms with van der Waals surface area (Å²) in [5.41, 5.74) is 1.14. The van der Waals surface area contributed by atoms with E-state index >= 15 is 0 Å². The Kier molecular flexibility index (Phi) is 3.19. The Labute approximate surface area is 89.8 Å². The fourth-order valence-corrected chi connectivity index (χ4v) is 2.83. The van der Waals surface area contributed by atoms with E-state index < -0.39 is 0 Å². The van der Waals surface area contributed by atoms with Crippen LogP contribution in [-0.4, -0.2) is 11.0 Å². The predicted octanol–water partition coefficient (Wildman–Crippen LogP) is 2.73. The van der Waals surface area contributed by atoms with Gasteiger partial charge in [-0.25, -0.2) is 4.98 Å². The van der Waals surface area contributed by atoms with Crippen molar-refractivity contribution in [2.45, 2.75) is 45.7 Å². The molecule has 0 saturated heterocycles. The van der Waals surface area contributed by atoms with Crippen molar-refractivity contribution in [3.63, 3.8) is 0 Å². The molecule has 1 N–H and O–H groups in total. The maximum atomic E-state index is 4.45. The first kappa shape index (κ1) is 10.1. The molecule has 14 heavy (non-hydrogen) atoms. The van der Waals surface area contributed by atoms with Crippen molar-refractivity contribution in [3.05, 3.63) is 16.1 Å². The summed E-state index contributed by atoms with van der Waals surface area (Å²) in [6.07, 6.45) is 4.06. The SMILES string of the molecule is Cc1csc(CNC2CCC(C)C2)n1. The third-order valence-corrected chi connectivity index (χ3v) is 3.87. The van der Waals surface area contributed by atoms with E-state index in [0.29, 0.717) is 0 Å². The van der Waals surface area contributed by atoms with E-state index in [2.05, 4.69) is 29.5 Å². The summed E-state index contributed by atoms with van der Waals surface area (Å²) in [6.45, 7) is 5.35. The van der Waals surface area contributed by atoms with Gasteiger partial charge in [0, 0.05) is 23.7 Å². The first-order valence-corrected chi connectivity index (χ1v) is 6.26. The lowest BCUT2D eigenvalue weighted by molar-refractivity contribution is 0.501. The molecule has 0 amide bonds. The molecule has 1 aliphatic rings. The van der Waals surface area contributed by atoms with Gasteiger partial charge in [0.2, 0.25) is 0 Å². The van der Waals surface area contributed by atoms with E-state index in [1.807, 2.05) is 0 Å². The number of nitrogens with zero attached hydrogens (tertiary/aromatic N) is 1. The molecule has 2 atom stereocenters. The zero-order valence-electron chi connectivity index (χ0n) is 8.92. The van der Waals surface area contributed by atoms with Gasteiger partial charge in [-0.15, -0.1) is 11.3 Å². The van der Waals surface area contributed by atoms with Crippen LogP contribution in [0.2, 0.25) is 0 Å². The second-order valence-electron chi connectivity index (χ2n) is 4.38. The molecule has 0 aliphatic heterocycles. The minimum atomic E-state index is 0.731. The summed E-state index contributed by atoms with van der Waals surface area (Å²) in [4.78, 5) is 4.45. The van der Waals surface area contributed by atoms with Crippen LogP contribution in [0.25, 0.3) is 0 Å². The minimum absolute atomic E-state index is 0.731. The van der Waals surface area contributed by atoms with Crippen molar-refractivity contribution in [1.82, 2.24) is 10.3 Å². The summed E-state index contributed by atoms with van der Waals surface area (Å²) in [6, 6.07) is 0.731. The summed E-state index contributed by atoms with van der Waals surface area (Å²) in [5.74, 6) is 0.908. The van der Waals surface area contributed by atoms with Crippen LogP contribution in [0.1, 0.15) is 36.9 Å². The first-order chi connectivity index (χ1) is 6.74. The van der Waals surface area contributed by atoms with Crippen LogP contribution in [-0.2, 0) is 6.54 Å². The highest BCUT2D eigenvalue weighted by Crippen LogP contribution is 2.24. The fourth-order valence-electron chi connectivity index (χ4n) is 2.11. The van der Waals surface area contributed by atoms with Crippen LogP contribution in [0.15, 0.2) is 5.38 Å². The van der Waals surface area contributed by atoms with Crippen LogP contribution in [0.5, 0.6) is 0 Å². The van der Waals surface area contributed by atoms with Crippen molar-refractivity contribution >= 4 is 11.3 Å². The number of hydrogen-bond acceptors (Lipinski definition) is 3. The van der Waals surface area contributed by atoms with Gasteiger partial charge in [-0.05, 0) is 32.1 Å². The number of aromatic nitrogens is 1. The van der Waals surface area contributed by atoms with Crippen LogP contribution in [0.4, 0.5) is 0 Å². The van der Waals surface area contributed by atoms with Gasteiger partial charge < -0.3 is 5.32 Å². The van der Waals surface area contributed by atoms with Crippen LogP contribution < -0.4 is 5.32 Å². The lowest BCUT2D eigenvalue weighted by atomic mass is 10.1. The molecule has 2 nitrogen and oxygen atoms in total. The molecule has 3 heteroatoms. The van der Waals surface area contributed by atoms with Gasteiger partial charge in [0.25, 0.3) is 0 Å². The van der Waals surface area contributed by atoms with Crippen LogP contribution in [0, 0.1) is 12.8 Å². The molecule has 2 unspecified atom stereocenters. The van der Waals surface area contributed by atoms with Crippen molar-refractivity contribution in [1.29, 1.82) is 0 Å². The molecule has 1 heterocycles. The van der Waals surface area contributed by atoms with Gasteiger partial charge in [-0.1, -0.05) is 6.92 Å². The molecule has 1 saturated carbocycles. The molecule has 1 aliphatic carbocycles. The Bertz CT molecular complexity index is 295. The Morgan fingerprint density at radius 1 is 1.57 bits per heavy atom. The average molecular weight is 210 g/mol. The van der Waals surface area contributed by atoms with Crippen molar-refractivity contribution < 1.29 is 0 Å². The monoisotopic (exact) mass is 210 g/mol. The number of rotatable bonds is 3. The average Bonchev–Trinajstić information content (AvgIpc) is 2.72. The normalized spacial score (nSPS) is 27.0. The van der Waals surface area contributed by atoms with E-state index in [4.69, 9.17) is 0 Å². The topological polar surface area (TPSA) is 24.9 Å². The number of nitrogens with one attached hydrogen (secondary N) is 1. The summed E-state index contributed by atoms with van der Waals surface area (Å²) >= 11 is 1.76. The molecule has 1 aromatic heterocycles. The summed E-state index contributed by atoms with van der Waals surface area (Å²) in [5, 5.41) is 6.93. The highest BCUT2D eigenvalue weighted by atomic mass is 32.1. The van der Waals surface area contributed by atoms with E-state index in [1.54, 1.807) is 11.3 Å². The maximum absolute atomic E-state index is 4.45. The lowest BCUT2D eigenvalue weighted by Gasteiger charge is -2.10. The Balaban J connectivity index is 1.77. The molecular weight excluding hydrogens is 192 g/mol. The van der Waals surface area contributed by atoms with Gasteiger partial charge in [0.15, 0.2) is 0 Å². The maximum Gasteiger partial charge on any atom is 0.107 e.